The van der Waals surface area contributed by atoms with Crippen LogP contribution in [0, 0.1) is 0 Å². The molecular weight excluding hydrogens is 210 g/mol. The smallest absolute Gasteiger partial charge is 0.0843 e. The molecule has 0 bridgehead atoms. The minimum absolute atomic E-state index is 0.0879. The molecule has 1 aliphatic carbocycles. The van der Waals surface area contributed by atoms with Crippen LogP contribution >= 0.6 is 0 Å². The Labute approximate surface area is 104 Å². The van der Waals surface area contributed by atoms with Crippen LogP contribution in [0.2, 0.25) is 0 Å². The van der Waals surface area contributed by atoms with E-state index in [1.54, 1.807) is 0 Å². The third-order valence-electron chi connectivity index (χ3n) is 3.96. The molecule has 2 atom stereocenters. The molecule has 2 unspecified atom stereocenters. The van der Waals surface area contributed by atoms with E-state index in [-0.39, 0.29) is 11.7 Å². The molecule has 0 radical (unpaired) electrons. The minimum Gasteiger partial charge on any atom is -0.325 e. The van der Waals surface area contributed by atoms with Crippen LogP contribution in [0.15, 0.2) is 30.3 Å². The highest BCUT2D eigenvalue weighted by Crippen LogP contribution is 2.28. The van der Waals surface area contributed by atoms with Gasteiger partial charge in [-0.25, -0.2) is 0 Å². The van der Waals surface area contributed by atoms with E-state index in [1.165, 1.54) is 18.4 Å². The first kappa shape index (κ1) is 12.6. The Hall–Kier alpha value is -0.900. The van der Waals surface area contributed by atoms with Gasteiger partial charge < -0.3 is 11.5 Å². The van der Waals surface area contributed by atoms with E-state index in [4.69, 9.17) is 11.5 Å². The fraction of sp³-hybridized carbons (Fsp3) is 0.571. The number of hydrogen-bond acceptors (Lipinski definition) is 3. The fourth-order valence-corrected chi connectivity index (χ4v) is 2.69. The zero-order valence-corrected chi connectivity index (χ0v) is 10.6. The number of rotatable bonds is 3. The summed E-state index contributed by atoms with van der Waals surface area (Å²) < 4.78 is 0. The lowest BCUT2D eigenvalue weighted by molar-refractivity contribution is 0.0539. The molecule has 1 aromatic rings. The third kappa shape index (κ3) is 2.68. The van der Waals surface area contributed by atoms with Gasteiger partial charge in [-0.05, 0) is 25.5 Å². The summed E-state index contributed by atoms with van der Waals surface area (Å²) in [4.78, 5) is 2.21. The van der Waals surface area contributed by atoms with Crippen molar-refractivity contribution in [3.05, 3.63) is 35.9 Å². The Balaban J connectivity index is 2.06. The van der Waals surface area contributed by atoms with Crippen molar-refractivity contribution in [1.82, 2.24) is 4.90 Å². The molecule has 2 rings (SSSR count). The second-order valence-corrected chi connectivity index (χ2v) is 5.19. The summed E-state index contributed by atoms with van der Waals surface area (Å²) in [5, 5.41) is 0. The normalized spacial score (nSPS) is 29.5. The summed E-state index contributed by atoms with van der Waals surface area (Å²) in [6, 6.07) is 10.5. The lowest BCUT2D eigenvalue weighted by Gasteiger charge is -2.46. The SMILES string of the molecule is CN(Cc1ccccc1)C1(N)CCCCC1N. The maximum absolute atomic E-state index is 6.49. The van der Waals surface area contributed by atoms with Gasteiger partial charge in [0.1, 0.15) is 0 Å². The first-order valence-electron chi connectivity index (χ1n) is 6.42. The van der Waals surface area contributed by atoms with Crippen LogP contribution in [0.5, 0.6) is 0 Å². The zero-order chi connectivity index (χ0) is 12.3. The van der Waals surface area contributed by atoms with Crippen LogP contribution < -0.4 is 11.5 Å². The van der Waals surface area contributed by atoms with Crippen molar-refractivity contribution in [2.45, 2.75) is 43.9 Å². The Morgan fingerprint density at radius 1 is 1.29 bits per heavy atom. The average Bonchev–Trinajstić information content (AvgIpc) is 2.34. The highest BCUT2D eigenvalue weighted by molar-refractivity contribution is 5.15. The number of nitrogens with two attached hydrogens (primary N) is 2. The standard InChI is InChI=1S/C14H23N3/c1-17(11-12-7-3-2-4-8-12)14(16)10-6-5-9-13(14)15/h2-4,7-8,13H,5-6,9-11,15-16H2,1H3. The lowest BCUT2D eigenvalue weighted by atomic mass is 9.84. The largest absolute Gasteiger partial charge is 0.325 e. The van der Waals surface area contributed by atoms with Gasteiger partial charge in [-0.3, -0.25) is 4.90 Å². The molecule has 0 amide bonds. The van der Waals surface area contributed by atoms with Crippen molar-refractivity contribution < 1.29 is 0 Å². The fourth-order valence-electron chi connectivity index (χ4n) is 2.69. The molecule has 3 heteroatoms. The second kappa shape index (κ2) is 5.17. The van der Waals surface area contributed by atoms with Gasteiger partial charge in [0.05, 0.1) is 5.66 Å². The van der Waals surface area contributed by atoms with Crippen LogP contribution in [0.3, 0.4) is 0 Å². The van der Waals surface area contributed by atoms with Crippen LogP contribution in [0.1, 0.15) is 31.2 Å². The van der Waals surface area contributed by atoms with Crippen molar-refractivity contribution in [1.29, 1.82) is 0 Å². The second-order valence-electron chi connectivity index (χ2n) is 5.19. The predicted octanol–water partition coefficient (Wildman–Crippen LogP) is 1.67. The molecule has 0 saturated heterocycles. The van der Waals surface area contributed by atoms with Crippen molar-refractivity contribution in [3.8, 4) is 0 Å². The first-order valence-corrected chi connectivity index (χ1v) is 6.42. The van der Waals surface area contributed by atoms with Gasteiger partial charge in [-0.1, -0.05) is 43.2 Å². The number of likely N-dealkylation sites (N-methyl/N-ethyl adjacent to an activating group) is 1. The zero-order valence-electron chi connectivity index (χ0n) is 10.6. The van der Waals surface area contributed by atoms with Crippen LogP contribution in [-0.2, 0) is 6.54 Å². The minimum atomic E-state index is -0.339. The van der Waals surface area contributed by atoms with Gasteiger partial charge in [0.15, 0.2) is 0 Å². The maximum Gasteiger partial charge on any atom is 0.0843 e. The van der Waals surface area contributed by atoms with Gasteiger partial charge in [0, 0.05) is 12.6 Å². The van der Waals surface area contributed by atoms with E-state index in [2.05, 4.69) is 36.2 Å². The van der Waals surface area contributed by atoms with E-state index in [1.807, 2.05) is 6.07 Å². The first-order chi connectivity index (χ1) is 8.13. The summed E-state index contributed by atoms with van der Waals surface area (Å²) in [5.41, 5.74) is 13.6. The molecule has 0 heterocycles. The monoisotopic (exact) mass is 233 g/mol. The van der Waals surface area contributed by atoms with E-state index >= 15 is 0 Å². The molecule has 3 nitrogen and oxygen atoms in total. The number of hydrogen-bond donors (Lipinski definition) is 2. The average molecular weight is 233 g/mol. The summed E-state index contributed by atoms with van der Waals surface area (Å²) in [6.07, 6.45) is 4.43. The van der Waals surface area contributed by atoms with Crippen LogP contribution in [0.25, 0.3) is 0 Å². The number of benzene rings is 1. The van der Waals surface area contributed by atoms with Crippen LogP contribution in [0.4, 0.5) is 0 Å². The molecule has 1 fully saturated rings. The Morgan fingerprint density at radius 2 is 2.00 bits per heavy atom. The molecule has 1 aromatic carbocycles. The molecule has 0 spiro atoms. The topological polar surface area (TPSA) is 55.3 Å². The van der Waals surface area contributed by atoms with Gasteiger partial charge >= 0.3 is 0 Å². The van der Waals surface area contributed by atoms with Crippen LogP contribution in [-0.4, -0.2) is 23.7 Å². The summed E-state index contributed by atoms with van der Waals surface area (Å²) in [6.45, 7) is 0.866. The Bertz CT molecular complexity index is 352. The number of nitrogens with zero attached hydrogens (tertiary/aromatic N) is 1. The maximum atomic E-state index is 6.49. The molecule has 94 valence electrons. The van der Waals surface area contributed by atoms with Gasteiger partial charge in [0.2, 0.25) is 0 Å². The van der Waals surface area contributed by atoms with E-state index < -0.39 is 0 Å². The molecule has 0 aromatic heterocycles. The molecule has 1 aliphatic rings. The third-order valence-corrected chi connectivity index (χ3v) is 3.96. The van der Waals surface area contributed by atoms with E-state index in [0.29, 0.717) is 0 Å². The van der Waals surface area contributed by atoms with Crippen molar-refractivity contribution in [2.24, 2.45) is 11.5 Å². The molecule has 0 aliphatic heterocycles. The predicted molar refractivity (Wildman–Crippen MR) is 71.3 cm³/mol. The molecule has 1 saturated carbocycles. The quantitative estimate of drug-likeness (QED) is 0.781. The Morgan fingerprint density at radius 3 is 2.65 bits per heavy atom. The molecular formula is C14H23N3. The Kier molecular flexibility index (Phi) is 3.82. The summed E-state index contributed by atoms with van der Waals surface area (Å²) in [5.74, 6) is 0. The van der Waals surface area contributed by atoms with Gasteiger partial charge in [-0.2, -0.15) is 0 Å². The summed E-state index contributed by atoms with van der Waals surface area (Å²) in [7, 11) is 2.08. The molecule has 4 N–H and O–H groups in total. The van der Waals surface area contributed by atoms with Gasteiger partial charge in [0.25, 0.3) is 0 Å². The van der Waals surface area contributed by atoms with Crippen molar-refractivity contribution in [2.75, 3.05) is 7.05 Å². The highest BCUT2D eigenvalue weighted by atomic mass is 15.3. The summed E-state index contributed by atoms with van der Waals surface area (Å²) >= 11 is 0. The van der Waals surface area contributed by atoms with Gasteiger partial charge in [-0.15, -0.1) is 0 Å². The van der Waals surface area contributed by atoms with E-state index in [9.17, 15) is 0 Å². The highest BCUT2D eigenvalue weighted by Gasteiger charge is 2.38. The lowest BCUT2D eigenvalue weighted by Crippen LogP contribution is -2.66. The van der Waals surface area contributed by atoms with Crippen molar-refractivity contribution in [3.63, 3.8) is 0 Å². The molecule has 17 heavy (non-hydrogen) atoms. The van der Waals surface area contributed by atoms with Crippen molar-refractivity contribution >= 4 is 0 Å². The van der Waals surface area contributed by atoms with E-state index in [0.717, 1.165) is 19.4 Å².